The summed E-state index contributed by atoms with van der Waals surface area (Å²) in [4.78, 5) is 0. The predicted octanol–water partition coefficient (Wildman–Crippen LogP) is 5.24. The van der Waals surface area contributed by atoms with Crippen LogP contribution in [-0.4, -0.2) is 0 Å². The molecule has 2 rings (SSSR count). The first-order valence-electron chi connectivity index (χ1n) is 7.61. The summed E-state index contributed by atoms with van der Waals surface area (Å²) in [5.74, 6) is 4.54. The first-order chi connectivity index (χ1) is 8.59. The minimum atomic E-state index is 0.732. The number of hydrogen-bond donors (Lipinski definition) is 0. The van der Waals surface area contributed by atoms with E-state index >= 15 is 0 Å². The second-order valence-electron chi connectivity index (χ2n) is 6.48. The molecule has 0 radical (unpaired) electrons. The summed E-state index contributed by atoms with van der Waals surface area (Å²) in [6, 6.07) is 0. The van der Waals surface area contributed by atoms with E-state index in [1.54, 1.807) is 0 Å². The summed E-state index contributed by atoms with van der Waals surface area (Å²) in [6.07, 6.45) is 17.0. The molecule has 0 aromatic carbocycles. The van der Waals surface area contributed by atoms with Gasteiger partial charge in [-0.25, -0.2) is 0 Å². The van der Waals surface area contributed by atoms with E-state index in [1.165, 1.54) is 12.8 Å². The van der Waals surface area contributed by atoms with Gasteiger partial charge in [-0.15, -0.1) is 0 Å². The maximum Gasteiger partial charge on any atom is -0.0168 e. The van der Waals surface area contributed by atoms with Crippen molar-refractivity contribution >= 4 is 0 Å². The van der Waals surface area contributed by atoms with Crippen LogP contribution in [0.2, 0.25) is 0 Å². The molecule has 0 saturated heterocycles. The predicted molar refractivity (Wildman–Crippen MR) is 80.3 cm³/mol. The summed E-state index contributed by atoms with van der Waals surface area (Å²) in [5.41, 5.74) is 0. The fraction of sp³-hybridized carbons (Fsp3) is 0.667. The first kappa shape index (κ1) is 13.6. The van der Waals surface area contributed by atoms with Crippen LogP contribution >= 0.6 is 0 Å². The Morgan fingerprint density at radius 1 is 0.722 bits per heavy atom. The molecular weight excluding hydrogens is 216 g/mol. The molecule has 6 unspecified atom stereocenters. The summed E-state index contributed by atoms with van der Waals surface area (Å²) in [5, 5.41) is 0. The molecule has 2 aliphatic carbocycles. The van der Waals surface area contributed by atoms with Crippen molar-refractivity contribution in [3.8, 4) is 0 Å². The highest BCUT2D eigenvalue weighted by molar-refractivity contribution is 5.09. The quantitative estimate of drug-likeness (QED) is 0.583. The SMILES string of the molecule is CC1C=CCC(C=CC2CC=CC(C)C2C)C1C. The zero-order chi connectivity index (χ0) is 13.1. The largest absolute Gasteiger partial charge is 0.0877 e. The Hall–Kier alpha value is -0.780. The third-order valence-electron chi connectivity index (χ3n) is 5.31. The highest BCUT2D eigenvalue weighted by Gasteiger charge is 2.24. The van der Waals surface area contributed by atoms with Gasteiger partial charge >= 0.3 is 0 Å². The van der Waals surface area contributed by atoms with Crippen LogP contribution in [0.4, 0.5) is 0 Å². The van der Waals surface area contributed by atoms with Crippen molar-refractivity contribution < 1.29 is 0 Å². The molecule has 0 aliphatic heterocycles. The molecule has 0 bridgehead atoms. The second kappa shape index (κ2) is 5.91. The Balaban J connectivity index is 1.99. The van der Waals surface area contributed by atoms with Crippen molar-refractivity contribution in [2.45, 2.75) is 40.5 Å². The molecule has 0 aromatic heterocycles. The van der Waals surface area contributed by atoms with E-state index in [-0.39, 0.29) is 0 Å². The molecule has 0 heteroatoms. The van der Waals surface area contributed by atoms with Gasteiger partial charge < -0.3 is 0 Å². The minimum Gasteiger partial charge on any atom is -0.0877 e. The van der Waals surface area contributed by atoms with Crippen molar-refractivity contribution in [1.29, 1.82) is 0 Å². The van der Waals surface area contributed by atoms with Crippen molar-refractivity contribution in [1.82, 2.24) is 0 Å². The molecule has 0 saturated carbocycles. The molecule has 0 nitrogen and oxygen atoms in total. The Morgan fingerprint density at radius 3 is 1.50 bits per heavy atom. The molecule has 0 N–H and O–H groups in total. The van der Waals surface area contributed by atoms with E-state index in [9.17, 15) is 0 Å². The lowest BCUT2D eigenvalue weighted by molar-refractivity contribution is 0.319. The van der Waals surface area contributed by atoms with E-state index < -0.39 is 0 Å². The molecule has 0 fully saturated rings. The van der Waals surface area contributed by atoms with Crippen LogP contribution in [0.15, 0.2) is 36.5 Å². The van der Waals surface area contributed by atoms with Crippen LogP contribution in [0.25, 0.3) is 0 Å². The summed E-state index contributed by atoms with van der Waals surface area (Å²) >= 11 is 0. The monoisotopic (exact) mass is 244 g/mol. The maximum atomic E-state index is 2.51. The molecule has 100 valence electrons. The molecule has 18 heavy (non-hydrogen) atoms. The van der Waals surface area contributed by atoms with Gasteiger partial charge in [-0.05, 0) is 48.3 Å². The molecule has 0 aromatic rings. The van der Waals surface area contributed by atoms with E-state index in [2.05, 4.69) is 64.2 Å². The molecule has 6 atom stereocenters. The van der Waals surface area contributed by atoms with Crippen LogP contribution in [-0.2, 0) is 0 Å². The Labute approximate surface area is 113 Å². The smallest absolute Gasteiger partial charge is 0.0168 e. The minimum absolute atomic E-state index is 0.732. The summed E-state index contributed by atoms with van der Waals surface area (Å²) in [6.45, 7) is 9.48. The first-order valence-corrected chi connectivity index (χ1v) is 7.61. The van der Waals surface area contributed by atoms with Gasteiger partial charge in [0.15, 0.2) is 0 Å². The third kappa shape index (κ3) is 2.96. The van der Waals surface area contributed by atoms with Crippen molar-refractivity contribution in [3.63, 3.8) is 0 Å². The molecule has 2 aliphatic rings. The fourth-order valence-corrected chi connectivity index (χ4v) is 3.25. The molecular formula is C18H28. The lowest BCUT2D eigenvalue weighted by atomic mass is 9.75. The van der Waals surface area contributed by atoms with E-state index in [0.717, 1.165) is 35.5 Å². The lowest BCUT2D eigenvalue weighted by Gasteiger charge is -2.31. The third-order valence-corrected chi connectivity index (χ3v) is 5.31. The molecule has 0 heterocycles. The Morgan fingerprint density at radius 2 is 1.11 bits per heavy atom. The van der Waals surface area contributed by atoms with Gasteiger partial charge in [0.1, 0.15) is 0 Å². The highest BCUT2D eigenvalue weighted by atomic mass is 14.3. The van der Waals surface area contributed by atoms with Crippen LogP contribution in [0.5, 0.6) is 0 Å². The van der Waals surface area contributed by atoms with Crippen LogP contribution < -0.4 is 0 Å². The van der Waals surface area contributed by atoms with Crippen LogP contribution in [0.3, 0.4) is 0 Å². The lowest BCUT2D eigenvalue weighted by Crippen LogP contribution is -2.21. The van der Waals surface area contributed by atoms with Gasteiger partial charge in [0, 0.05) is 0 Å². The summed E-state index contributed by atoms with van der Waals surface area (Å²) in [7, 11) is 0. The van der Waals surface area contributed by atoms with Gasteiger partial charge in [0.25, 0.3) is 0 Å². The van der Waals surface area contributed by atoms with Gasteiger partial charge in [0.05, 0.1) is 0 Å². The molecule has 0 spiro atoms. The highest BCUT2D eigenvalue weighted by Crippen LogP contribution is 2.34. The average molecular weight is 244 g/mol. The van der Waals surface area contributed by atoms with Crippen molar-refractivity contribution in [2.24, 2.45) is 35.5 Å². The van der Waals surface area contributed by atoms with Gasteiger partial charge in [-0.2, -0.15) is 0 Å². The Kier molecular flexibility index (Phi) is 4.48. The van der Waals surface area contributed by atoms with Crippen LogP contribution in [0.1, 0.15) is 40.5 Å². The normalized spacial score (nSPS) is 44.7. The maximum absolute atomic E-state index is 2.51. The average Bonchev–Trinajstić information content (AvgIpc) is 2.36. The van der Waals surface area contributed by atoms with Gasteiger partial charge in [-0.3, -0.25) is 0 Å². The topological polar surface area (TPSA) is 0 Å². The zero-order valence-corrected chi connectivity index (χ0v) is 12.3. The van der Waals surface area contributed by atoms with Crippen molar-refractivity contribution in [2.75, 3.05) is 0 Å². The van der Waals surface area contributed by atoms with Crippen LogP contribution in [0, 0.1) is 35.5 Å². The van der Waals surface area contributed by atoms with E-state index in [1.807, 2.05) is 0 Å². The van der Waals surface area contributed by atoms with E-state index in [0.29, 0.717) is 0 Å². The standard InChI is InChI=1S/C18H28/c1-13-7-5-9-17(15(13)3)11-12-18-10-6-8-14(2)16(18)4/h5-8,11-18H,9-10H2,1-4H3. The molecule has 0 amide bonds. The van der Waals surface area contributed by atoms with Gasteiger partial charge in [0.2, 0.25) is 0 Å². The second-order valence-corrected chi connectivity index (χ2v) is 6.48. The van der Waals surface area contributed by atoms with Gasteiger partial charge in [-0.1, -0.05) is 64.2 Å². The fourth-order valence-electron chi connectivity index (χ4n) is 3.25. The van der Waals surface area contributed by atoms with E-state index in [4.69, 9.17) is 0 Å². The summed E-state index contributed by atoms with van der Waals surface area (Å²) < 4.78 is 0. The number of allylic oxidation sites excluding steroid dienone is 6. The Bertz CT molecular complexity index is 313. The zero-order valence-electron chi connectivity index (χ0n) is 12.3. The van der Waals surface area contributed by atoms with Crippen molar-refractivity contribution in [3.05, 3.63) is 36.5 Å². The number of rotatable bonds is 2. The number of hydrogen-bond acceptors (Lipinski definition) is 0.